The van der Waals surface area contributed by atoms with Gasteiger partial charge in [-0.15, -0.1) is 5.10 Å². The van der Waals surface area contributed by atoms with Crippen molar-refractivity contribution < 1.29 is 14.7 Å². The van der Waals surface area contributed by atoms with E-state index in [-0.39, 0.29) is 17.0 Å². The van der Waals surface area contributed by atoms with E-state index in [1.54, 1.807) is 25.1 Å². The third kappa shape index (κ3) is 3.90. The minimum atomic E-state index is -1.00. The molecule has 6 heteroatoms. The highest BCUT2D eigenvalue weighted by Gasteiger charge is 2.15. The number of allylic oxidation sites excluding steroid dienone is 1. The summed E-state index contributed by atoms with van der Waals surface area (Å²) in [7, 11) is 0. The van der Waals surface area contributed by atoms with E-state index in [0.717, 1.165) is 16.3 Å². The van der Waals surface area contributed by atoms with Gasteiger partial charge in [0.05, 0.1) is 16.9 Å². The largest absolute Gasteiger partial charge is 0.478 e. The van der Waals surface area contributed by atoms with E-state index in [2.05, 4.69) is 40.6 Å². The zero-order valence-corrected chi connectivity index (χ0v) is 17.8. The molecule has 0 aliphatic heterocycles. The molecular formula is C27H19N3O3. The third-order valence-electron chi connectivity index (χ3n) is 5.64. The van der Waals surface area contributed by atoms with Crippen LogP contribution in [0.2, 0.25) is 0 Å². The van der Waals surface area contributed by atoms with Crippen molar-refractivity contribution in [1.82, 2.24) is 15.0 Å². The highest BCUT2D eigenvalue weighted by Crippen LogP contribution is 2.24. The number of benzene rings is 4. The van der Waals surface area contributed by atoms with Crippen LogP contribution in [-0.4, -0.2) is 31.9 Å². The topological polar surface area (TPSA) is 85.1 Å². The minimum absolute atomic E-state index is 0.180. The van der Waals surface area contributed by atoms with Crippen molar-refractivity contribution in [1.29, 1.82) is 0 Å². The van der Waals surface area contributed by atoms with E-state index in [1.165, 1.54) is 33.7 Å². The lowest BCUT2D eigenvalue weighted by molar-refractivity contribution is 0.0696. The van der Waals surface area contributed by atoms with Crippen molar-refractivity contribution in [2.45, 2.75) is 6.92 Å². The van der Waals surface area contributed by atoms with E-state index >= 15 is 0 Å². The van der Waals surface area contributed by atoms with Crippen LogP contribution in [0, 0.1) is 6.92 Å². The van der Waals surface area contributed by atoms with Gasteiger partial charge in [0.1, 0.15) is 0 Å². The van der Waals surface area contributed by atoms with Gasteiger partial charge in [-0.05, 0) is 82.6 Å². The number of aromatic carboxylic acids is 1. The first-order valence-corrected chi connectivity index (χ1v) is 10.4. The third-order valence-corrected chi connectivity index (χ3v) is 5.64. The number of rotatable bonds is 5. The summed E-state index contributed by atoms with van der Waals surface area (Å²) in [5.41, 5.74) is 2.56. The van der Waals surface area contributed by atoms with Crippen molar-refractivity contribution in [3.63, 3.8) is 0 Å². The SMILES string of the molecule is Cc1c(C(=O)C=Cc2ccc3cc4ccccc4cc3c2)nnn1-c1ccc(C(=O)O)cc1. The quantitative estimate of drug-likeness (QED) is 0.225. The molecule has 0 spiro atoms. The molecule has 0 saturated heterocycles. The van der Waals surface area contributed by atoms with Gasteiger partial charge in [0.25, 0.3) is 0 Å². The molecule has 6 nitrogen and oxygen atoms in total. The van der Waals surface area contributed by atoms with Crippen LogP contribution in [0.3, 0.4) is 0 Å². The van der Waals surface area contributed by atoms with Crippen LogP contribution in [0.5, 0.6) is 0 Å². The Balaban J connectivity index is 1.40. The maximum absolute atomic E-state index is 12.8. The van der Waals surface area contributed by atoms with Gasteiger partial charge in [-0.25, -0.2) is 9.48 Å². The first-order valence-electron chi connectivity index (χ1n) is 10.4. The number of hydrogen-bond donors (Lipinski definition) is 1. The monoisotopic (exact) mass is 433 g/mol. The molecular weight excluding hydrogens is 414 g/mol. The molecule has 0 aliphatic carbocycles. The molecule has 0 radical (unpaired) electrons. The summed E-state index contributed by atoms with van der Waals surface area (Å²) < 4.78 is 1.52. The van der Waals surface area contributed by atoms with E-state index in [4.69, 9.17) is 5.11 Å². The van der Waals surface area contributed by atoms with Crippen molar-refractivity contribution in [2.75, 3.05) is 0 Å². The summed E-state index contributed by atoms with van der Waals surface area (Å²) in [5, 5.41) is 21.8. The van der Waals surface area contributed by atoms with Gasteiger partial charge in [0.15, 0.2) is 5.69 Å². The number of nitrogens with zero attached hydrogens (tertiary/aromatic N) is 3. The van der Waals surface area contributed by atoms with Crippen molar-refractivity contribution >= 4 is 39.4 Å². The molecule has 160 valence electrons. The summed E-state index contributed by atoms with van der Waals surface area (Å²) in [5.74, 6) is -1.25. The molecule has 0 bridgehead atoms. The van der Waals surface area contributed by atoms with E-state index in [0.29, 0.717) is 11.4 Å². The van der Waals surface area contributed by atoms with Gasteiger partial charge < -0.3 is 5.11 Å². The van der Waals surface area contributed by atoms with E-state index < -0.39 is 5.97 Å². The number of fused-ring (bicyclic) bond motifs is 2. The molecule has 0 unspecified atom stereocenters. The molecule has 33 heavy (non-hydrogen) atoms. The molecule has 0 saturated carbocycles. The summed E-state index contributed by atoms with van der Waals surface area (Å²) in [6.07, 6.45) is 3.27. The second-order valence-corrected chi connectivity index (χ2v) is 7.79. The fourth-order valence-electron chi connectivity index (χ4n) is 3.86. The predicted octanol–water partition coefficient (Wildman–Crippen LogP) is 5.48. The van der Waals surface area contributed by atoms with Crippen molar-refractivity contribution in [3.8, 4) is 5.69 Å². The van der Waals surface area contributed by atoms with Crippen LogP contribution < -0.4 is 0 Å². The number of carboxylic acids is 1. The van der Waals surface area contributed by atoms with Gasteiger partial charge >= 0.3 is 5.97 Å². The smallest absolute Gasteiger partial charge is 0.335 e. The molecule has 0 aliphatic rings. The summed E-state index contributed by atoms with van der Waals surface area (Å²) in [6.45, 7) is 1.76. The van der Waals surface area contributed by atoms with E-state index in [9.17, 15) is 9.59 Å². The first kappa shape index (κ1) is 20.3. The first-order chi connectivity index (χ1) is 16.0. The Hall–Kier alpha value is -4.58. The van der Waals surface area contributed by atoms with Gasteiger partial charge in [0.2, 0.25) is 5.78 Å². The van der Waals surface area contributed by atoms with Crippen LogP contribution in [0.25, 0.3) is 33.3 Å². The van der Waals surface area contributed by atoms with Crippen molar-refractivity contribution in [2.24, 2.45) is 0 Å². The molecule has 0 amide bonds. The highest BCUT2D eigenvalue weighted by molar-refractivity contribution is 6.06. The maximum Gasteiger partial charge on any atom is 0.335 e. The Bertz CT molecular complexity index is 1560. The summed E-state index contributed by atoms with van der Waals surface area (Å²) in [4.78, 5) is 23.8. The number of carboxylic acid groups (broad SMARTS) is 1. The Labute approximate surface area is 189 Å². The summed E-state index contributed by atoms with van der Waals surface area (Å²) >= 11 is 0. The molecule has 0 atom stereocenters. The Morgan fingerprint density at radius 3 is 2.21 bits per heavy atom. The van der Waals surface area contributed by atoms with Crippen LogP contribution in [0.4, 0.5) is 0 Å². The molecule has 1 aromatic heterocycles. The highest BCUT2D eigenvalue weighted by atomic mass is 16.4. The minimum Gasteiger partial charge on any atom is -0.478 e. The van der Waals surface area contributed by atoms with Gasteiger partial charge in [-0.3, -0.25) is 4.79 Å². The fourth-order valence-corrected chi connectivity index (χ4v) is 3.86. The van der Waals surface area contributed by atoms with Gasteiger partial charge in [-0.2, -0.15) is 0 Å². The number of carbonyl (C=O) groups excluding carboxylic acids is 1. The number of ketones is 1. The molecule has 5 rings (SSSR count). The van der Waals surface area contributed by atoms with E-state index in [1.807, 2.05) is 24.3 Å². The molecule has 4 aromatic carbocycles. The van der Waals surface area contributed by atoms with Crippen LogP contribution in [-0.2, 0) is 0 Å². The average Bonchev–Trinajstić information content (AvgIpc) is 3.22. The number of aromatic nitrogens is 3. The Morgan fingerprint density at radius 1 is 0.848 bits per heavy atom. The van der Waals surface area contributed by atoms with Crippen LogP contribution in [0.1, 0.15) is 32.1 Å². The van der Waals surface area contributed by atoms with Crippen LogP contribution >= 0.6 is 0 Å². The lowest BCUT2D eigenvalue weighted by atomic mass is 10.0. The zero-order chi connectivity index (χ0) is 22.9. The molecule has 5 aromatic rings. The fraction of sp³-hybridized carbons (Fsp3) is 0.0370. The lowest BCUT2D eigenvalue weighted by Gasteiger charge is -2.04. The lowest BCUT2D eigenvalue weighted by Crippen LogP contribution is -2.03. The summed E-state index contributed by atoms with van der Waals surface area (Å²) in [6, 6.07) is 24.9. The number of carbonyl (C=O) groups is 2. The maximum atomic E-state index is 12.8. The van der Waals surface area contributed by atoms with Gasteiger partial charge in [-0.1, -0.05) is 47.7 Å². The van der Waals surface area contributed by atoms with Gasteiger partial charge in [0, 0.05) is 0 Å². The van der Waals surface area contributed by atoms with Crippen LogP contribution in [0.15, 0.2) is 84.9 Å². The zero-order valence-electron chi connectivity index (χ0n) is 17.8. The number of hydrogen-bond acceptors (Lipinski definition) is 4. The molecule has 1 heterocycles. The predicted molar refractivity (Wildman–Crippen MR) is 128 cm³/mol. The van der Waals surface area contributed by atoms with Crippen molar-refractivity contribution in [3.05, 3.63) is 107 Å². The molecule has 1 N–H and O–H groups in total. The standard InChI is InChI=1S/C27H19N3O3/c1-17-26(28-29-30(17)24-11-9-19(10-12-24)27(32)33)25(31)13-7-18-6-8-22-15-20-4-2-3-5-21(20)16-23(22)14-18/h2-16H,1H3,(H,32,33). The Morgan fingerprint density at radius 2 is 1.52 bits per heavy atom. The average molecular weight is 433 g/mol. The Kier molecular flexibility index (Phi) is 5.03. The second kappa shape index (κ2) is 8.16. The molecule has 0 fully saturated rings. The second-order valence-electron chi connectivity index (χ2n) is 7.79. The normalized spacial score (nSPS) is 11.4.